The number of rotatable bonds is 9. The average Bonchev–Trinajstić information content (AvgIpc) is 2.93. The molecule has 3 aromatic rings. The molecule has 1 amide bonds. The number of aromatic carboxylic acids is 1. The zero-order valence-corrected chi connectivity index (χ0v) is 24.3. The molecule has 0 bridgehead atoms. The minimum atomic E-state index is -4.95. The summed E-state index contributed by atoms with van der Waals surface area (Å²) in [5.74, 6) is -4.42. The second-order valence-corrected chi connectivity index (χ2v) is 11.1. The number of carbonyl (C=O) groups is 2. The van der Waals surface area contributed by atoms with Gasteiger partial charge < -0.3 is 20.1 Å². The molecular weight excluding hydrogens is 594 g/mol. The van der Waals surface area contributed by atoms with Crippen LogP contribution >= 0.6 is 11.6 Å². The summed E-state index contributed by atoms with van der Waals surface area (Å²) in [4.78, 5) is 38.5. The average molecular weight is 624 g/mol. The highest BCUT2D eigenvalue weighted by Crippen LogP contribution is 2.40. The molecule has 1 fully saturated rings. The molecule has 14 heteroatoms. The van der Waals surface area contributed by atoms with Crippen molar-refractivity contribution in [1.82, 2.24) is 15.0 Å². The van der Waals surface area contributed by atoms with Crippen LogP contribution in [-0.4, -0.2) is 38.0 Å². The van der Waals surface area contributed by atoms with Crippen LogP contribution in [0.15, 0.2) is 36.8 Å². The van der Waals surface area contributed by atoms with Gasteiger partial charge in [-0.05, 0) is 57.1 Å². The standard InChI is InChI=1S/C29H30ClF4N5O4/c1-15(2)39(27(40)18-6-4-16(3)5-7-18)22-10-21(31)23(9-19(22)28(41)42)43-26-20(29(32,33)34)8-17(12-37-26)11-36-25-14-35-13-24(30)38-25/h8-10,12-16,18H,4-7,11H2,1-3H3,(H,36,38)(H,41,42). The van der Waals surface area contributed by atoms with Crippen LogP contribution in [0, 0.1) is 17.7 Å². The monoisotopic (exact) mass is 623 g/mol. The van der Waals surface area contributed by atoms with Crippen LogP contribution in [0.25, 0.3) is 0 Å². The molecule has 2 aromatic heterocycles. The summed E-state index contributed by atoms with van der Waals surface area (Å²) in [6.45, 7) is 5.31. The van der Waals surface area contributed by atoms with Gasteiger partial charge in [-0.1, -0.05) is 18.5 Å². The topological polar surface area (TPSA) is 118 Å². The third kappa shape index (κ3) is 7.70. The number of nitrogens with zero attached hydrogens (tertiary/aromatic N) is 4. The highest BCUT2D eigenvalue weighted by atomic mass is 35.5. The van der Waals surface area contributed by atoms with Crippen LogP contribution < -0.4 is 15.0 Å². The summed E-state index contributed by atoms with van der Waals surface area (Å²) in [5, 5.41) is 12.8. The maximum absolute atomic E-state index is 15.4. The fourth-order valence-electron chi connectivity index (χ4n) is 4.95. The lowest BCUT2D eigenvalue weighted by Crippen LogP contribution is -2.43. The van der Waals surface area contributed by atoms with Gasteiger partial charge in [0.15, 0.2) is 11.6 Å². The molecule has 0 radical (unpaired) electrons. The number of ether oxygens (including phenoxy) is 1. The fraction of sp³-hybridized carbons (Fsp3) is 0.414. The Balaban J connectivity index is 1.65. The number of benzene rings is 1. The molecule has 0 unspecified atom stereocenters. The third-order valence-corrected chi connectivity index (χ3v) is 7.34. The zero-order chi connectivity index (χ0) is 31.5. The second-order valence-electron chi connectivity index (χ2n) is 10.7. The quantitative estimate of drug-likeness (QED) is 0.238. The largest absolute Gasteiger partial charge is 0.478 e. The lowest BCUT2D eigenvalue weighted by atomic mass is 9.82. The van der Waals surface area contributed by atoms with Gasteiger partial charge in [-0.15, -0.1) is 0 Å². The summed E-state index contributed by atoms with van der Waals surface area (Å²) in [5.41, 5.74) is -1.92. The van der Waals surface area contributed by atoms with Crippen molar-refractivity contribution in [3.63, 3.8) is 0 Å². The summed E-state index contributed by atoms with van der Waals surface area (Å²) in [7, 11) is 0. The Morgan fingerprint density at radius 2 is 1.84 bits per heavy atom. The van der Waals surface area contributed by atoms with Crippen molar-refractivity contribution < 1.29 is 37.0 Å². The Labute approximate surface area is 250 Å². The minimum Gasteiger partial charge on any atom is -0.478 e. The van der Waals surface area contributed by atoms with Gasteiger partial charge in [0.25, 0.3) is 0 Å². The van der Waals surface area contributed by atoms with Crippen molar-refractivity contribution in [3.05, 3.63) is 64.5 Å². The number of carboxylic acids is 1. The Morgan fingerprint density at radius 3 is 2.44 bits per heavy atom. The number of halogens is 5. The van der Waals surface area contributed by atoms with Crippen LogP contribution in [0.3, 0.4) is 0 Å². The molecule has 0 spiro atoms. The van der Waals surface area contributed by atoms with Gasteiger partial charge in [-0.25, -0.2) is 19.2 Å². The number of carbonyl (C=O) groups excluding carboxylic acids is 1. The molecule has 4 rings (SSSR count). The van der Waals surface area contributed by atoms with E-state index in [4.69, 9.17) is 16.3 Å². The Bertz CT molecular complexity index is 1500. The lowest BCUT2D eigenvalue weighted by Gasteiger charge is -2.34. The molecule has 43 heavy (non-hydrogen) atoms. The number of carboxylic acid groups (broad SMARTS) is 1. The van der Waals surface area contributed by atoms with Gasteiger partial charge in [0.2, 0.25) is 11.8 Å². The van der Waals surface area contributed by atoms with E-state index in [9.17, 15) is 27.9 Å². The van der Waals surface area contributed by atoms with Crippen molar-refractivity contribution >= 4 is 35.0 Å². The zero-order valence-electron chi connectivity index (χ0n) is 23.6. The summed E-state index contributed by atoms with van der Waals surface area (Å²) >= 11 is 5.77. The van der Waals surface area contributed by atoms with Gasteiger partial charge >= 0.3 is 12.1 Å². The first-order valence-electron chi connectivity index (χ1n) is 13.6. The number of anilines is 2. The number of hydrogen-bond acceptors (Lipinski definition) is 7. The lowest BCUT2D eigenvalue weighted by molar-refractivity contribution is -0.139. The first-order valence-corrected chi connectivity index (χ1v) is 14.0. The highest BCUT2D eigenvalue weighted by molar-refractivity contribution is 6.29. The number of alkyl halides is 3. The predicted molar refractivity (Wildman–Crippen MR) is 151 cm³/mol. The number of amides is 1. The molecule has 2 N–H and O–H groups in total. The Kier molecular flexibility index (Phi) is 9.73. The molecule has 0 saturated heterocycles. The summed E-state index contributed by atoms with van der Waals surface area (Å²) in [6.07, 6.45) is 1.69. The molecule has 230 valence electrons. The maximum atomic E-state index is 15.4. The van der Waals surface area contributed by atoms with E-state index in [0.29, 0.717) is 18.8 Å². The molecule has 0 atom stereocenters. The molecule has 0 aliphatic heterocycles. The van der Waals surface area contributed by atoms with Gasteiger partial charge in [-0.2, -0.15) is 13.2 Å². The van der Waals surface area contributed by atoms with Crippen molar-refractivity contribution in [2.24, 2.45) is 11.8 Å². The van der Waals surface area contributed by atoms with E-state index >= 15 is 4.39 Å². The molecule has 1 saturated carbocycles. The van der Waals surface area contributed by atoms with Crippen molar-refractivity contribution in [3.8, 4) is 11.6 Å². The number of pyridine rings is 1. The number of hydrogen-bond donors (Lipinski definition) is 2. The van der Waals surface area contributed by atoms with E-state index < -0.39 is 46.8 Å². The fourth-order valence-corrected chi connectivity index (χ4v) is 5.09. The van der Waals surface area contributed by atoms with Crippen molar-refractivity contribution in [2.45, 2.75) is 65.2 Å². The highest BCUT2D eigenvalue weighted by Gasteiger charge is 2.37. The van der Waals surface area contributed by atoms with E-state index in [1.54, 1.807) is 13.8 Å². The van der Waals surface area contributed by atoms with E-state index in [0.717, 1.165) is 37.2 Å². The molecule has 2 heterocycles. The second kappa shape index (κ2) is 13.1. The van der Waals surface area contributed by atoms with Crippen LogP contribution in [0.4, 0.5) is 29.1 Å². The van der Waals surface area contributed by atoms with E-state index in [-0.39, 0.29) is 40.6 Å². The number of nitrogens with one attached hydrogen (secondary N) is 1. The summed E-state index contributed by atoms with van der Waals surface area (Å²) < 4.78 is 62.6. The Hall–Kier alpha value is -4.00. The van der Waals surface area contributed by atoms with E-state index in [1.807, 2.05) is 0 Å². The normalized spacial score (nSPS) is 17.0. The maximum Gasteiger partial charge on any atom is 0.421 e. The van der Waals surface area contributed by atoms with Crippen molar-refractivity contribution in [1.29, 1.82) is 0 Å². The molecule has 1 aromatic carbocycles. The van der Waals surface area contributed by atoms with Crippen LogP contribution in [0.1, 0.15) is 67.9 Å². The number of aromatic nitrogens is 3. The van der Waals surface area contributed by atoms with Crippen molar-refractivity contribution in [2.75, 3.05) is 10.2 Å². The van der Waals surface area contributed by atoms with Gasteiger partial charge in [0, 0.05) is 36.8 Å². The van der Waals surface area contributed by atoms with Crippen LogP contribution in [0.2, 0.25) is 5.15 Å². The predicted octanol–water partition coefficient (Wildman–Crippen LogP) is 7.35. The third-order valence-electron chi connectivity index (χ3n) is 7.16. The molecule has 1 aliphatic rings. The molecule has 1 aliphatic carbocycles. The van der Waals surface area contributed by atoms with Gasteiger partial charge in [0.1, 0.15) is 16.5 Å². The Morgan fingerprint density at radius 1 is 1.14 bits per heavy atom. The smallest absolute Gasteiger partial charge is 0.421 e. The first-order chi connectivity index (χ1) is 20.2. The minimum absolute atomic E-state index is 0.0844. The van der Waals surface area contributed by atoms with Gasteiger partial charge in [0.05, 0.1) is 23.6 Å². The van der Waals surface area contributed by atoms with E-state index in [1.165, 1.54) is 17.3 Å². The first kappa shape index (κ1) is 31.9. The SMILES string of the molecule is CC1CCC(C(=O)N(c2cc(F)c(Oc3ncc(CNc4cncc(Cl)n4)cc3C(F)(F)F)cc2C(=O)O)C(C)C)CC1. The van der Waals surface area contributed by atoms with Crippen LogP contribution in [0.5, 0.6) is 11.6 Å². The molecular formula is C29H30ClF4N5O4. The van der Waals surface area contributed by atoms with Gasteiger partial charge in [-0.3, -0.25) is 9.78 Å². The molecule has 9 nitrogen and oxygen atoms in total. The van der Waals surface area contributed by atoms with E-state index in [2.05, 4.69) is 27.2 Å². The summed E-state index contributed by atoms with van der Waals surface area (Å²) in [6, 6.07) is 1.82. The van der Waals surface area contributed by atoms with Crippen LogP contribution in [-0.2, 0) is 17.5 Å².